The molecule has 0 aliphatic carbocycles. The van der Waals surface area contributed by atoms with E-state index in [1.807, 2.05) is 0 Å². The summed E-state index contributed by atoms with van der Waals surface area (Å²) < 4.78 is 7.75. The van der Waals surface area contributed by atoms with Gasteiger partial charge in [-0.3, -0.25) is 4.79 Å². The third-order valence-electron chi connectivity index (χ3n) is 2.97. The number of aromatic nitrogens is 2. The Morgan fingerprint density at radius 3 is 2.65 bits per heavy atom. The van der Waals surface area contributed by atoms with Crippen LogP contribution in [0.2, 0.25) is 0 Å². The summed E-state index contributed by atoms with van der Waals surface area (Å²) in [4.78, 5) is 14.7. The van der Waals surface area contributed by atoms with Crippen LogP contribution < -0.4 is 4.74 Å². The zero-order chi connectivity index (χ0) is 14.5. The fraction of sp³-hybridized carbons (Fsp3) is 0.333. The summed E-state index contributed by atoms with van der Waals surface area (Å²) in [6.07, 6.45) is 3.61. The number of nitrogens with zero attached hydrogens (tertiary/aromatic N) is 2. The third kappa shape index (κ3) is 3.60. The fourth-order valence-corrected chi connectivity index (χ4v) is 1.94. The molecule has 0 fully saturated rings. The summed E-state index contributed by atoms with van der Waals surface area (Å²) in [6.45, 7) is 4.62. The predicted molar refractivity (Wildman–Crippen MR) is 74.7 cm³/mol. The number of carboxylic acids is 1. The van der Waals surface area contributed by atoms with Gasteiger partial charge in [0, 0.05) is 6.04 Å². The summed E-state index contributed by atoms with van der Waals surface area (Å²) in [5, 5.41) is 8.71. The van der Waals surface area contributed by atoms with Crippen LogP contribution in [0, 0.1) is 0 Å². The molecule has 0 saturated carbocycles. The molecule has 5 heteroatoms. The van der Waals surface area contributed by atoms with Gasteiger partial charge in [-0.25, -0.2) is 4.98 Å². The van der Waals surface area contributed by atoms with E-state index in [2.05, 4.69) is 23.4 Å². The van der Waals surface area contributed by atoms with Crippen LogP contribution in [0.15, 0.2) is 36.8 Å². The van der Waals surface area contributed by atoms with Gasteiger partial charge in [0.2, 0.25) is 0 Å². The van der Waals surface area contributed by atoms with Gasteiger partial charge in [-0.1, -0.05) is 12.1 Å². The van der Waals surface area contributed by atoms with Crippen LogP contribution >= 0.6 is 0 Å². The zero-order valence-corrected chi connectivity index (χ0v) is 11.6. The van der Waals surface area contributed by atoms with Crippen LogP contribution in [0.4, 0.5) is 0 Å². The van der Waals surface area contributed by atoms with Crippen LogP contribution in [-0.2, 0) is 17.8 Å². The van der Waals surface area contributed by atoms with Crippen molar-refractivity contribution >= 4 is 5.97 Å². The van der Waals surface area contributed by atoms with E-state index in [4.69, 9.17) is 9.84 Å². The largest absolute Gasteiger partial charge is 0.487 e. The van der Waals surface area contributed by atoms with E-state index in [0.717, 1.165) is 17.0 Å². The smallest absolute Gasteiger partial charge is 0.307 e. The van der Waals surface area contributed by atoms with Gasteiger partial charge in [0.05, 0.1) is 24.6 Å². The number of imidazole rings is 1. The first-order valence-electron chi connectivity index (χ1n) is 6.50. The molecule has 0 bridgehead atoms. The first-order valence-corrected chi connectivity index (χ1v) is 6.50. The Morgan fingerprint density at radius 1 is 1.35 bits per heavy atom. The lowest BCUT2D eigenvalue weighted by Gasteiger charge is -2.12. The van der Waals surface area contributed by atoms with E-state index >= 15 is 0 Å². The van der Waals surface area contributed by atoms with Crippen molar-refractivity contribution in [1.82, 2.24) is 9.55 Å². The van der Waals surface area contributed by atoms with E-state index < -0.39 is 5.97 Å². The van der Waals surface area contributed by atoms with E-state index in [-0.39, 0.29) is 6.42 Å². The second kappa shape index (κ2) is 6.23. The van der Waals surface area contributed by atoms with E-state index in [0.29, 0.717) is 12.6 Å². The molecule has 0 saturated heterocycles. The van der Waals surface area contributed by atoms with Crippen LogP contribution in [0.3, 0.4) is 0 Å². The molecule has 5 nitrogen and oxygen atoms in total. The summed E-state index contributed by atoms with van der Waals surface area (Å²) in [7, 11) is 0. The second-order valence-electron chi connectivity index (χ2n) is 4.89. The van der Waals surface area contributed by atoms with Crippen molar-refractivity contribution in [2.45, 2.75) is 32.9 Å². The molecular weight excluding hydrogens is 256 g/mol. The molecule has 0 radical (unpaired) electrons. The van der Waals surface area contributed by atoms with Crippen molar-refractivity contribution in [3.63, 3.8) is 0 Å². The molecule has 0 atom stereocenters. The maximum Gasteiger partial charge on any atom is 0.307 e. The van der Waals surface area contributed by atoms with Gasteiger partial charge in [-0.2, -0.15) is 0 Å². The quantitative estimate of drug-likeness (QED) is 0.879. The van der Waals surface area contributed by atoms with Gasteiger partial charge in [0.1, 0.15) is 12.4 Å². The van der Waals surface area contributed by atoms with E-state index in [1.54, 1.807) is 36.8 Å². The molecule has 0 aliphatic rings. The molecule has 2 rings (SSSR count). The van der Waals surface area contributed by atoms with Crippen molar-refractivity contribution < 1.29 is 14.6 Å². The molecule has 1 heterocycles. The Morgan fingerprint density at radius 2 is 2.05 bits per heavy atom. The normalized spacial score (nSPS) is 10.8. The minimum Gasteiger partial charge on any atom is -0.487 e. The average Bonchev–Trinajstić information content (AvgIpc) is 2.86. The molecule has 2 aromatic rings. The van der Waals surface area contributed by atoms with Gasteiger partial charge in [0.25, 0.3) is 0 Å². The first-order chi connectivity index (χ1) is 9.56. The average molecular weight is 274 g/mol. The monoisotopic (exact) mass is 274 g/mol. The van der Waals surface area contributed by atoms with Crippen LogP contribution in [0.25, 0.3) is 0 Å². The Balaban J connectivity index is 1.97. The fourth-order valence-electron chi connectivity index (χ4n) is 1.94. The Hall–Kier alpha value is -2.30. The van der Waals surface area contributed by atoms with Crippen molar-refractivity contribution in [3.8, 4) is 5.75 Å². The van der Waals surface area contributed by atoms with Gasteiger partial charge in [0.15, 0.2) is 0 Å². The number of rotatable bonds is 6. The molecule has 1 aromatic heterocycles. The lowest BCUT2D eigenvalue weighted by atomic mass is 10.1. The number of ether oxygens (including phenoxy) is 1. The van der Waals surface area contributed by atoms with Gasteiger partial charge in [-0.15, -0.1) is 0 Å². The first kappa shape index (κ1) is 14.1. The van der Waals surface area contributed by atoms with Crippen LogP contribution in [-0.4, -0.2) is 20.6 Å². The van der Waals surface area contributed by atoms with Crippen molar-refractivity contribution in [3.05, 3.63) is 48.0 Å². The Bertz CT molecular complexity index is 573. The molecule has 0 spiro atoms. The lowest BCUT2D eigenvalue weighted by Crippen LogP contribution is -2.07. The number of carboxylic acid groups (broad SMARTS) is 1. The van der Waals surface area contributed by atoms with Crippen LogP contribution in [0.1, 0.15) is 31.1 Å². The van der Waals surface area contributed by atoms with Gasteiger partial charge < -0.3 is 14.4 Å². The minimum absolute atomic E-state index is 0.0282. The highest BCUT2D eigenvalue weighted by Gasteiger charge is 2.06. The SMILES string of the molecule is CC(C)n1cncc1COc1ccc(CC(=O)O)cc1. The van der Waals surface area contributed by atoms with Gasteiger partial charge in [-0.05, 0) is 31.5 Å². The molecule has 20 heavy (non-hydrogen) atoms. The lowest BCUT2D eigenvalue weighted by molar-refractivity contribution is -0.136. The summed E-state index contributed by atoms with van der Waals surface area (Å²) in [5.41, 5.74) is 1.77. The zero-order valence-electron chi connectivity index (χ0n) is 11.6. The molecule has 0 aliphatic heterocycles. The number of aliphatic carboxylic acids is 1. The molecule has 1 aromatic carbocycles. The molecular formula is C15H18N2O3. The molecule has 1 N–H and O–H groups in total. The highest BCUT2D eigenvalue weighted by atomic mass is 16.5. The Kier molecular flexibility index (Phi) is 4.40. The Labute approximate surface area is 117 Å². The number of carbonyl (C=O) groups is 1. The van der Waals surface area contributed by atoms with Gasteiger partial charge >= 0.3 is 5.97 Å². The minimum atomic E-state index is -0.834. The molecule has 106 valence electrons. The van der Waals surface area contributed by atoms with Crippen molar-refractivity contribution in [2.24, 2.45) is 0 Å². The van der Waals surface area contributed by atoms with Crippen LogP contribution in [0.5, 0.6) is 5.75 Å². The number of hydrogen-bond acceptors (Lipinski definition) is 3. The van der Waals surface area contributed by atoms with E-state index in [1.165, 1.54) is 0 Å². The van der Waals surface area contributed by atoms with Crippen molar-refractivity contribution in [2.75, 3.05) is 0 Å². The summed E-state index contributed by atoms with van der Waals surface area (Å²) in [6, 6.07) is 7.45. The number of benzene rings is 1. The van der Waals surface area contributed by atoms with E-state index in [9.17, 15) is 4.79 Å². The predicted octanol–water partition coefficient (Wildman–Crippen LogP) is 2.67. The standard InChI is InChI=1S/C15H18N2O3/c1-11(2)17-10-16-8-13(17)9-20-14-5-3-12(4-6-14)7-15(18)19/h3-6,8,10-11H,7,9H2,1-2H3,(H,18,19). The molecule has 0 amide bonds. The number of hydrogen-bond donors (Lipinski definition) is 1. The highest BCUT2D eigenvalue weighted by molar-refractivity contribution is 5.70. The topological polar surface area (TPSA) is 64.4 Å². The summed E-state index contributed by atoms with van der Waals surface area (Å²) in [5.74, 6) is -0.116. The second-order valence-corrected chi connectivity index (χ2v) is 4.89. The summed E-state index contributed by atoms with van der Waals surface area (Å²) >= 11 is 0. The maximum absolute atomic E-state index is 10.6. The highest BCUT2D eigenvalue weighted by Crippen LogP contribution is 2.16. The molecule has 0 unspecified atom stereocenters. The third-order valence-corrected chi connectivity index (χ3v) is 2.97. The van der Waals surface area contributed by atoms with Crippen molar-refractivity contribution in [1.29, 1.82) is 0 Å². The maximum atomic E-state index is 10.6.